The van der Waals surface area contributed by atoms with Crippen molar-refractivity contribution in [2.24, 2.45) is 5.92 Å². The average molecular weight is 238 g/mol. The Hall–Kier alpha value is -0.410. The third-order valence-electron chi connectivity index (χ3n) is 3.19. The zero-order chi connectivity index (χ0) is 11.5. The van der Waals surface area contributed by atoms with E-state index >= 15 is 0 Å². The molecular formula is C13H22N2S. The number of nitrogens with zero attached hydrogens (tertiary/aromatic N) is 1. The highest BCUT2D eigenvalue weighted by atomic mass is 32.1. The number of hydrogen-bond acceptors (Lipinski definition) is 3. The van der Waals surface area contributed by atoms with E-state index < -0.39 is 0 Å². The van der Waals surface area contributed by atoms with E-state index in [1.54, 1.807) is 0 Å². The zero-order valence-electron chi connectivity index (χ0n) is 10.5. The van der Waals surface area contributed by atoms with Crippen LogP contribution in [-0.4, -0.2) is 11.0 Å². The fourth-order valence-electron chi connectivity index (χ4n) is 2.09. The molecule has 0 aliphatic heterocycles. The van der Waals surface area contributed by atoms with E-state index in [1.807, 2.05) is 17.5 Å². The van der Waals surface area contributed by atoms with Gasteiger partial charge in [0.05, 0.1) is 5.01 Å². The first-order chi connectivity index (χ1) is 7.70. The molecule has 1 aliphatic rings. The van der Waals surface area contributed by atoms with Crippen molar-refractivity contribution in [1.82, 2.24) is 10.3 Å². The zero-order valence-corrected chi connectivity index (χ0v) is 11.3. The molecule has 1 heterocycles. The predicted molar refractivity (Wildman–Crippen MR) is 69.8 cm³/mol. The smallest absolute Gasteiger partial charge is 0.0953 e. The Balaban J connectivity index is 1.74. The van der Waals surface area contributed by atoms with E-state index in [2.05, 4.69) is 31.1 Å². The molecule has 2 unspecified atom stereocenters. The normalized spacial score (nSPS) is 24.0. The average Bonchev–Trinajstić information content (AvgIpc) is 2.80. The van der Waals surface area contributed by atoms with Crippen molar-refractivity contribution < 1.29 is 0 Å². The predicted octanol–water partition coefficient (Wildman–Crippen LogP) is 3.54. The van der Waals surface area contributed by atoms with Crippen molar-refractivity contribution in [2.45, 2.75) is 58.5 Å². The second-order valence-electron chi connectivity index (χ2n) is 5.09. The van der Waals surface area contributed by atoms with E-state index in [-0.39, 0.29) is 0 Å². The molecule has 1 aromatic rings. The largest absolute Gasteiger partial charge is 0.309 e. The molecule has 2 atom stereocenters. The van der Waals surface area contributed by atoms with E-state index in [0.29, 0.717) is 5.92 Å². The molecule has 2 rings (SSSR count). The number of nitrogens with one attached hydrogen (secondary N) is 1. The molecule has 1 fully saturated rings. The molecule has 2 nitrogen and oxygen atoms in total. The summed E-state index contributed by atoms with van der Waals surface area (Å²) >= 11 is 1.85. The number of hydrogen-bond donors (Lipinski definition) is 1. The van der Waals surface area contributed by atoms with Crippen LogP contribution in [0.2, 0.25) is 0 Å². The van der Waals surface area contributed by atoms with Gasteiger partial charge in [-0.1, -0.05) is 27.2 Å². The molecule has 1 aromatic heterocycles. The fourth-order valence-corrected chi connectivity index (χ4v) is 2.96. The molecule has 1 saturated carbocycles. The van der Waals surface area contributed by atoms with E-state index in [0.717, 1.165) is 18.5 Å². The van der Waals surface area contributed by atoms with Crippen molar-refractivity contribution in [3.63, 3.8) is 0 Å². The lowest BCUT2D eigenvalue weighted by Crippen LogP contribution is -2.16. The van der Waals surface area contributed by atoms with Gasteiger partial charge in [0.15, 0.2) is 0 Å². The van der Waals surface area contributed by atoms with Crippen LogP contribution in [0.1, 0.15) is 55.8 Å². The molecule has 3 heteroatoms. The molecule has 0 saturated heterocycles. The molecule has 1 aliphatic carbocycles. The van der Waals surface area contributed by atoms with Gasteiger partial charge in [0.1, 0.15) is 0 Å². The molecule has 16 heavy (non-hydrogen) atoms. The minimum Gasteiger partial charge on any atom is -0.309 e. The summed E-state index contributed by atoms with van der Waals surface area (Å²) in [5.74, 6) is 1.51. The van der Waals surface area contributed by atoms with Gasteiger partial charge in [0.25, 0.3) is 0 Å². The van der Waals surface area contributed by atoms with Crippen molar-refractivity contribution in [2.75, 3.05) is 0 Å². The summed E-state index contributed by atoms with van der Waals surface area (Å²) < 4.78 is 0. The Morgan fingerprint density at radius 1 is 1.56 bits per heavy atom. The maximum atomic E-state index is 4.45. The highest BCUT2D eigenvalue weighted by molar-refractivity contribution is 7.11. The molecular weight excluding hydrogens is 216 g/mol. The summed E-state index contributed by atoms with van der Waals surface area (Å²) in [5, 5.41) is 4.89. The second-order valence-corrected chi connectivity index (χ2v) is 6.24. The Bertz CT molecular complexity index is 332. The molecule has 90 valence electrons. The van der Waals surface area contributed by atoms with Gasteiger partial charge in [-0.15, -0.1) is 11.3 Å². The van der Waals surface area contributed by atoms with Crippen LogP contribution in [0.3, 0.4) is 0 Å². The summed E-state index contributed by atoms with van der Waals surface area (Å²) in [6.45, 7) is 7.69. The van der Waals surface area contributed by atoms with Crippen molar-refractivity contribution in [3.8, 4) is 0 Å². The number of rotatable bonds is 6. The minimum atomic E-state index is 0.563. The SMILES string of the molecule is CCCC1CC1NCc1cnc(C(C)C)s1. The van der Waals surface area contributed by atoms with Crippen LogP contribution in [0.5, 0.6) is 0 Å². The van der Waals surface area contributed by atoms with Crippen molar-refractivity contribution in [3.05, 3.63) is 16.1 Å². The monoisotopic (exact) mass is 238 g/mol. The van der Waals surface area contributed by atoms with Gasteiger partial charge in [0.2, 0.25) is 0 Å². The van der Waals surface area contributed by atoms with Crippen molar-refractivity contribution in [1.29, 1.82) is 0 Å². The lowest BCUT2D eigenvalue weighted by atomic mass is 10.2. The van der Waals surface area contributed by atoms with Crippen LogP contribution in [0.25, 0.3) is 0 Å². The van der Waals surface area contributed by atoms with Gasteiger partial charge in [-0.3, -0.25) is 0 Å². The lowest BCUT2D eigenvalue weighted by molar-refractivity contribution is 0.602. The summed E-state index contributed by atoms with van der Waals surface area (Å²) in [7, 11) is 0. The first kappa shape index (κ1) is 12.1. The highest BCUT2D eigenvalue weighted by Gasteiger charge is 2.35. The second kappa shape index (κ2) is 5.28. The van der Waals surface area contributed by atoms with Gasteiger partial charge in [0, 0.05) is 29.6 Å². The number of thiazole rings is 1. The van der Waals surface area contributed by atoms with Crippen molar-refractivity contribution >= 4 is 11.3 Å². The first-order valence-electron chi connectivity index (χ1n) is 6.38. The van der Waals surface area contributed by atoms with E-state index in [4.69, 9.17) is 0 Å². The first-order valence-corrected chi connectivity index (χ1v) is 7.20. The topological polar surface area (TPSA) is 24.9 Å². The van der Waals surface area contributed by atoms with Crippen LogP contribution in [-0.2, 0) is 6.54 Å². The highest BCUT2D eigenvalue weighted by Crippen LogP contribution is 2.35. The molecule has 0 spiro atoms. The summed E-state index contributed by atoms with van der Waals surface area (Å²) in [6, 6.07) is 0.782. The molecule has 0 bridgehead atoms. The maximum Gasteiger partial charge on any atom is 0.0953 e. The molecule has 1 N–H and O–H groups in total. The molecule has 0 amide bonds. The third kappa shape index (κ3) is 3.05. The van der Waals surface area contributed by atoms with Gasteiger partial charge in [-0.2, -0.15) is 0 Å². The van der Waals surface area contributed by atoms with Gasteiger partial charge < -0.3 is 5.32 Å². The van der Waals surface area contributed by atoms with E-state index in [1.165, 1.54) is 29.1 Å². The third-order valence-corrected chi connectivity index (χ3v) is 4.48. The number of aromatic nitrogens is 1. The van der Waals surface area contributed by atoms with Gasteiger partial charge in [-0.25, -0.2) is 4.98 Å². The quantitative estimate of drug-likeness (QED) is 0.820. The lowest BCUT2D eigenvalue weighted by Gasteiger charge is -2.01. The molecule has 0 radical (unpaired) electrons. The van der Waals surface area contributed by atoms with Crippen LogP contribution in [0.15, 0.2) is 6.20 Å². The maximum absolute atomic E-state index is 4.45. The Morgan fingerprint density at radius 2 is 2.38 bits per heavy atom. The van der Waals surface area contributed by atoms with Gasteiger partial charge >= 0.3 is 0 Å². The van der Waals surface area contributed by atoms with Gasteiger partial charge in [-0.05, 0) is 18.8 Å². The van der Waals surface area contributed by atoms with Crippen LogP contribution in [0.4, 0.5) is 0 Å². The van der Waals surface area contributed by atoms with Crippen LogP contribution in [0, 0.1) is 5.92 Å². The standard InChI is InChI=1S/C13H22N2S/c1-4-5-10-6-12(10)14-7-11-8-15-13(16-11)9(2)3/h8-10,12,14H,4-7H2,1-3H3. The van der Waals surface area contributed by atoms with E-state index in [9.17, 15) is 0 Å². The van der Waals surface area contributed by atoms with Crippen LogP contribution >= 0.6 is 11.3 Å². The summed E-state index contributed by atoms with van der Waals surface area (Å²) in [4.78, 5) is 5.83. The van der Waals surface area contributed by atoms with Crippen LogP contribution < -0.4 is 5.32 Å². The Kier molecular flexibility index (Phi) is 3.98. The minimum absolute atomic E-state index is 0.563. The Morgan fingerprint density at radius 3 is 3.00 bits per heavy atom. The Labute approximate surface area is 102 Å². The fraction of sp³-hybridized carbons (Fsp3) is 0.769. The summed E-state index contributed by atoms with van der Waals surface area (Å²) in [5.41, 5.74) is 0. The summed E-state index contributed by atoms with van der Waals surface area (Å²) in [6.07, 6.45) is 6.12. The molecule has 0 aromatic carbocycles.